The normalized spacial score (nSPS) is 21.2. The molecule has 2 fully saturated rings. The van der Waals surface area contributed by atoms with Gasteiger partial charge in [-0.15, -0.1) is 0 Å². The monoisotopic (exact) mass is 344 g/mol. The third-order valence-corrected chi connectivity index (χ3v) is 5.17. The molecular weight excluding hydrogens is 316 g/mol. The molecule has 0 radical (unpaired) electrons. The van der Waals surface area contributed by atoms with E-state index in [1.807, 2.05) is 29.2 Å². The fourth-order valence-electron chi connectivity index (χ4n) is 3.79. The van der Waals surface area contributed by atoms with E-state index in [4.69, 9.17) is 9.47 Å². The molecule has 2 aliphatic heterocycles. The smallest absolute Gasteiger partial charge is 0.246 e. The van der Waals surface area contributed by atoms with E-state index in [-0.39, 0.29) is 5.91 Å². The van der Waals surface area contributed by atoms with E-state index in [2.05, 4.69) is 4.90 Å². The summed E-state index contributed by atoms with van der Waals surface area (Å²) >= 11 is 0. The second-order valence-corrected chi connectivity index (χ2v) is 6.78. The first kappa shape index (κ1) is 17.8. The summed E-state index contributed by atoms with van der Waals surface area (Å²) in [7, 11) is 3.25. The summed E-state index contributed by atoms with van der Waals surface area (Å²) in [5.41, 5.74) is 0.881. The van der Waals surface area contributed by atoms with Crippen LogP contribution in [0.4, 0.5) is 0 Å². The standard InChI is InChI=1S/C20H28N2O3/c1-24-18-9-7-16(19(14-18)25-2)8-10-20(23)22-13-5-6-17(22)15-21-11-3-4-12-21/h7-10,14,17H,3-6,11-13,15H2,1-2H3. The third-order valence-electron chi connectivity index (χ3n) is 5.17. The summed E-state index contributed by atoms with van der Waals surface area (Å²) < 4.78 is 10.6. The molecule has 1 aromatic rings. The summed E-state index contributed by atoms with van der Waals surface area (Å²) in [4.78, 5) is 17.2. The molecule has 5 nitrogen and oxygen atoms in total. The number of amides is 1. The van der Waals surface area contributed by atoms with Gasteiger partial charge in [0, 0.05) is 36.8 Å². The predicted octanol–water partition coefficient (Wildman–Crippen LogP) is 2.80. The SMILES string of the molecule is COc1ccc(C=CC(=O)N2CCCC2CN2CCCC2)c(OC)c1. The zero-order valence-electron chi connectivity index (χ0n) is 15.2. The second kappa shape index (κ2) is 8.39. The molecule has 0 saturated carbocycles. The van der Waals surface area contributed by atoms with Gasteiger partial charge in [-0.2, -0.15) is 0 Å². The molecule has 1 unspecified atom stereocenters. The Morgan fingerprint density at radius 1 is 1.16 bits per heavy atom. The van der Waals surface area contributed by atoms with Crippen molar-refractivity contribution < 1.29 is 14.3 Å². The Kier molecular flexibility index (Phi) is 5.97. The highest BCUT2D eigenvalue weighted by Crippen LogP contribution is 2.26. The van der Waals surface area contributed by atoms with Crippen LogP contribution in [-0.2, 0) is 4.79 Å². The minimum absolute atomic E-state index is 0.0968. The van der Waals surface area contributed by atoms with Gasteiger partial charge in [0.05, 0.1) is 14.2 Å². The quantitative estimate of drug-likeness (QED) is 0.744. The molecule has 0 N–H and O–H groups in total. The highest BCUT2D eigenvalue weighted by Gasteiger charge is 2.29. The first-order valence-electron chi connectivity index (χ1n) is 9.14. The van der Waals surface area contributed by atoms with E-state index in [1.165, 1.54) is 25.9 Å². The lowest BCUT2D eigenvalue weighted by Crippen LogP contribution is -2.41. The molecule has 1 aromatic carbocycles. The Bertz CT molecular complexity index is 623. The number of ether oxygens (including phenoxy) is 2. The van der Waals surface area contributed by atoms with Crippen LogP contribution >= 0.6 is 0 Å². The Morgan fingerprint density at radius 3 is 2.68 bits per heavy atom. The molecule has 0 aromatic heterocycles. The fourth-order valence-corrected chi connectivity index (χ4v) is 3.79. The summed E-state index contributed by atoms with van der Waals surface area (Å²) in [5, 5.41) is 0. The minimum atomic E-state index is 0.0968. The van der Waals surface area contributed by atoms with Crippen LogP contribution in [0.3, 0.4) is 0 Å². The average molecular weight is 344 g/mol. The van der Waals surface area contributed by atoms with Crippen molar-refractivity contribution in [1.29, 1.82) is 0 Å². The number of carbonyl (C=O) groups is 1. The summed E-state index contributed by atoms with van der Waals surface area (Å²) in [6, 6.07) is 5.97. The molecule has 2 saturated heterocycles. The summed E-state index contributed by atoms with van der Waals surface area (Å²) in [6.45, 7) is 4.24. The van der Waals surface area contributed by atoms with E-state index in [1.54, 1.807) is 20.3 Å². The first-order chi connectivity index (χ1) is 12.2. The van der Waals surface area contributed by atoms with Crippen LogP contribution in [0.5, 0.6) is 11.5 Å². The maximum absolute atomic E-state index is 12.7. The summed E-state index contributed by atoms with van der Waals surface area (Å²) in [5.74, 6) is 1.54. The topological polar surface area (TPSA) is 42.0 Å². The van der Waals surface area contributed by atoms with E-state index < -0.39 is 0 Å². The Balaban J connectivity index is 1.65. The number of hydrogen-bond donors (Lipinski definition) is 0. The fraction of sp³-hybridized carbons (Fsp3) is 0.550. The molecule has 2 aliphatic rings. The van der Waals surface area contributed by atoms with Crippen molar-refractivity contribution in [2.75, 3.05) is 40.4 Å². The van der Waals surface area contributed by atoms with Crippen molar-refractivity contribution in [3.05, 3.63) is 29.8 Å². The van der Waals surface area contributed by atoms with Gasteiger partial charge in [-0.05, 0) is 57.0 Å². The maximum atomic E-state index is 12.7. The van der Waals surface area contributed by atoms with Crippen LogP contribution in [0.15, 0.2) is 24.3 Å². The van der Waals surface area contributed by atoms with Crippen molar-refractivity contribution in [3.63, 3.8) is 0 Å². The lowest BCUT2D eigenvalue weighted by Gasteiger charge is -2.27. The van der Waals surface area contributed by atoms with Crippen molar-refractivity contribution in [3.8, 4) is 11.5 Å². The van der Waals surface area contributed by atoms with Gasteiger partial charge < -0.3 is 19.3 Å². The van der Waals surface area contributed by atoms with Crippen LogP contribution < -0.4 is 9.47 Å². The van der Waals surface area contributed by atoms with Crippen LogP contribution in [0.2, 0.25) is 0 Å². The van der Waals surface area contributed by atoms with Crippen LogP contribution in [-0.4, -0.2) is 62.1 Å². The van der Waals surface area contributed by atoms with E-state index in [9.17, 15) is 4.79 Å². The molecule has 5 heteroatoms. The van der Waals surface area contributed by atoms with Gasteiger partial charge in [-0.1, -0.05) is 0 Å². The molecule has 0 aliphatic carbocycles. The van der Waals surface area contributed by atoms with Gasteiger partial charge in [0.1, 0.15) is 11.5 Å². The Hall–Kier alpha value is -2.01. The van der Waals surface area contributed by atoms with Gasteiger partial charge in [0.25, 0.3) is 0 Å². The lowest BCUT2D eigenvalue weighted by atomic mass is 10.1. The van der Waals surface area contributed by atoms with Crippen molar-refractivity contribution >= 4 is 12.0 Å². The molecule has 25 heavy (non-hydrogen) atoms. The van der Waals surface area contributed by atoms with Crippen LogP contribution in [0.1, 0.15) is 31.2 Å². The van der Waals surface area contributed by atoms with Gasteiger partial charge >= 0.3 is 0 Å². The Morgan fingerprint density at radius 2 is 1.96 bits per heavy atom. The van der Waals surface area contributed by atoms with E-state index in [0.717, 1.165) is 37.2 Å². The zero-order valence-corrected chi connectivity index (χ0v) is 15.2. The number of carbonyl (C=O) groups excluding carboxylic acids is 1. The molecule has 1 atom stereocenters. The molecule has 2 heterocycles. The average Bonchev–Trinajstić information content (AvgIpc) is 3.32. The van der Waals surface area contributed by atoms with Crippen molar-refractivity contribution in [1.82, 2.24) is 9.80 Å². The largest absolute Gasteiger partial charge is 0.497 e. The summed E-state index contributed by atoms with van der Waals surface area (Å²) in [6.07, 6.45) is 8.31. The highest BCUT2D eigenvalue weighted by molar-refractivity contribution is 5.92. The second-order valence-electron chi connectivity index (χ2n) is 6.78. The highest BCUT2D eigenvalue weighted by atomic mass is 16.5. The van der Waals surface area contributed by atoms with E-state index in [0.29, 0.717) is 11.8 Å². The number of nitrogens with zero attached hydrogens (tertiary/aromatic N) is 2. The number of likely N-dealkylation sites (tertiary alicyclic amines) is 2. The van der Waals surface area contributed by atoms with Gasteiger partial charge in [-0.3, -0.25) is 4.79 Å². The number of hydrogen-bond acceptors (Lipinski definition) is 4. The molecule has 136 valence electrons. The molecular formula is C20H28N2O3. The van der Waals surface area contributed by atoms with E-state index >= 15 is 0 Å². The van der Waals surface area contributed by atoms with Crippen LogP contribution in [0, 0.1) is 0 Å². The van der Waals surface area contributed by atoms with Gasteiger partial charge in [0.2, 0.25) is 5.91 Å². The number of benzene rings is 1. The van der Waals surface area contributed by atoms with Crippen LogP contribution in [0.25, 0.3) is 6.08 Å². The minimum Gasteiger partial charge on any atom is -0.497 e. The number of rotatable bonds is 6. The van der Waals surface area contributed by atoms with Crippen molar-refractivity contribution in [2.24, 2.45) is 0 Å². The molecule has 0 spiro atoms. The number of methoxy groups -OCH3 is 2. The predicted molar refractivity (Wildman–Crippen MR) is 99.0 cm³/mol. The zero-order chi connectivity index (χ0) is 17.6. The molecule has 0 bridgehead atoms. The lowest BCUT2D eigenvalue weighted by molar-refractivity contribution is -0.127. The first-order valence-corrected chi connectivity index (χ1v) is 9.14. The molecule has 3 rings (SSSR count). The molecule has 1 amide bonds. The maximum Gasteiger partial charge on any atom is 0.246 e. The van der Waals surface area contributed by atoms with Gasteiger partial charge in [-0.25, -0.2) is 0 Å². The Labute approximate surface area is 150 Å². The van der Waals surface area contributed by atoms with Gasteiger partial charge in [0.15, 0.2) is 0 Å². The third kappa shape index (κ3) is 4.34. The van der Waals surface area contributed by atoms with Crippen molar-refractivity contribution in [2.45, 2.75) is 31.7 Å².